The van der Waals surface area contributed by atoms with Gasteiger partial charge in [0.05, 0.1) is 6.61 Å². The molecule has 1 aromatic rings. The van der Waals surface area contributed by atoms with Gasteiger partial charge in [-0.2, -0.15) is 0 Å². The second-order valence-corrected chi connectivity index (χ2v) is 4.04. The summed E-state index contributed by atoms with van der Waals surface area (Å²) in [4.78, 5) is 0. The molecule has 0 spiro atoms. The molecule has 0 fully saturated rings. The predicted octanol–water partition coefficient (Wildman–Crippen LogP) is 1.97. The molecule has 2 heteroatoms. The Labute approximate surface area is 78.8 Å². The Morgan fingerprint density at radius 3 is 2.38 bits per heavy atom. The van der Waals surface area contributed by atoms with Gasteiger partial charge in [-0.1, -0.05) is 26.0 Å². The summed E-state index contributed by atoms with van der Waals surface area (Å²) in [5.41, 5.74) is 1.66. The smallest absolute Gasteiger partial charge is 0.118 e. The molecule has 0 bridgehead atoms. The Bertz CT molecular complexity index is 303. The molecular formula is C11H16O2. The first-order valence-corrected chi connectivity index (χ1v) is 4.38. The zero-order valence-corrected chi connectivity index (χ0v) is 8.33. The molecule has 72 valence electrons. The minimum Gasteiger partial charge on any atom is -0.508 e. The Hall–Kier alpha value is -1.02. The molecule has 0 heterocycles. The van der Waals surface area contributed by atoms with E-state index in [2.05, 4.69) is 0 Å². The SMILES string of the molecule is Cc1cc(C(C)(C)CO)ccc1O. The van der Waals surface area contributed by atoms with Crippen molar-refractivity contribution < 1.29 is 10.2 Å². The second-order valence-electron chi connectivity index (χ2n) is 4.04. The maximum absolute atomic E-state index is 9.32. The summed E-state index contributed by atoms with van der Waals surface area (Å²) in [6.45, 7) is 5.90. The number of aromatic hydroxyl groups is 1. The van der Waals surface area contributed by atoms with Crippen LogP contribution < -0.4 is 0 Å². The van der Waals surface area contributed by atoms with Crippen LogP contribution in [0.1, 0.15) is 25.0 Å². The van der Waals surface area contributed by atoms with E-state index in [1.54, 1.807) is 6.07 Å². The zero-order chi connectivity index (χ0) is 10.1. The van der Waals surface area contributed by atoms with Gasteiger partial charge in [0.15, 0.2) is 0 Å². The van der Waals surface area contributed by atoms with Gasteiger partial charge < -0.3 is 10.2 Å². The van der Waals surface area contributed by atoms with E-state index in [9.17, 15) is 5.11 Å². The van der Waals surface area contributed by atoms with Gasteiger partial charge in [0.1, 0.15) is 5.75 Å². The Balaban J connectivity index is 3.10. The van der Waals surface area contributed by atoms with Crippen molar-refractivity contribution in [3.63, 3.8) is 0 Å². The van der Waals surface area contributed by atoms with Crippen LogP contribution in [-0.2, 0) is 5.41 Å². The van der Waals surface area contributed by atoms with Crippen LogP contribution in [-0.4, -0.2) is 16.8 Å². The summed E-state index contributed by atoms with van der Waals surface area (Å²) in [6.07, 6.45) is 0. The fourth-order valence-corrected chi connectivity index (χ4v) is 1.17. The number of aliphatic hydroxyl groups excluding tert-OH is 1. The van der Waals surface area contributed by atoms with E-state index in [1.807, 2.05) is 32.9 Å². The minimum absolute atomic E-state index is 0.108. The molecule has 0 unspecified atom stereocenters. The van der Waals surface area contributed by atoms with E-state index in [4.69, 9.17) is 5.11 Å². The van der Waals surface area contributed by atoms with Crippen molar-refractivity contribution in [3.05, 3.63) is 29.3 Å². The maximum Gasteiger partial charge on any atom is 0.118 e. The van der Waals surface area contributed by atoms with Gasteiger partial charge in [-0.3, -0.25) is 0 Å². The van der Waals surface area contributed by atoms with Crippen LogP contribution in [0, 0.1) is 6.92 Å². The minimum atomic E-state index is -0.238. The third kappa shape index (κ3) is 2.01. The zero-order valence-electron chi connectivity index (χ0n) is 8.33. The van der Waals surface area contributed by atoms with Crippen LogP contribution in [0.2, 0.25) is 0 Å². The molecule has 0 aliphatic rings. The molecule has 1 aromatic carbocycles. The standard InChI is InChI=1S/C11H16O2/c1-8-6-9(4-5-10(8)13)11(2,3)7-12/h4-6,12-13H,7H2,1-3H3. The third-order valence-electron chi connectivity index (χ3n) is 2.37. The molecule has 0 aliphatic heterocycles. The number of hydrogen-bond donors (Lipinski definition) is 2. The van der Waals surface area contributed by atoms with Gasteiger partial charge in [-0.05, 0) is 24.1 Å². The quantitative estimate of drug-likeness (QED) is 0.730. The maximum atomic E-state index is 9.32. The van der Waals surface area contributed by atoms with Gasteiger partial charge in [0, 0.05) is 5.41 Å². The lowest BCUT2D eigenvalue weighted by Gasteiger charge is -2.22. The highest BCUT2D eigenvalue weighted by Crippen LogP contribution is 2.26. The van der Waals surface area contributed by atoms with E-state index < -0.39 is 0 Å². The number of hydrogen-bond acceptors (Lipinski definition) is 2. The number of benzene rings is 1. The molecule has 2 N–H and O–H groups in total. The highest BCUT2D eigenvalue weighted by atomic mass is 16.3. The fourth-order valence-electron chi connectivity index (χ4n) is 1.17. The van der Waals surface area contributed by atoms with Gasteiger partial charge in [0.2, 0.25) is 0 Å². The molecule has 0 atom stereocenters. The molecule has 0 amide bonds. The van der Waals surface area contributed by atoms with Gasteiger partial charge in [-0.15, -0.1) is 0 Å². The lowest BCUT2D eigenvalue weighted by Crippen LogP contribution is -2.21. The highest BCUT2D eigenvalue weighted by molar-refractivity contribution is 5.37. The van der Waals surface area contributed by atoms with Crippen molar-refractivity contribution in [3.8, 4) is 5.75 Å². The van der Waals surface area contributed by atoms with Crippen LogP contribution in [0.5, 0.6) is 5.75 Å². The molecule has 2 nitrogen and oxygen atoms in total. The molecule has 1 rings (SSSR count). The average Bonchev–Trinajstić information content (AvgIpc) is 2.09. The molecule has 0 saturated heterocycles. The number of aliphatic hydroxyl groups is 1. The van der Waals surface area contributed by atoms with E-state index in [0.29, 0.717) is 5.75 Å². The van der Waals surface area contributed by atoms with Gasteiger partial charge >= 0.3 is 0 Å². The Kier molecular flexibility index (Phi) is 2.62. The lowest BCUT2D eigenvalue weighted by molar-refractivity contribution is 0.218. The normalized spacial score (nSPS) is 11.7. The van der Waals surface area contributed by atoms with Crippen molar-refractivity contribution >= 4 is 0 Å². The summed E-state index contributed by atoms with van der Waals surface area (Å²) < 4.78 is 0. The summed E-state index contributed by atoms with van der Waals surface area (Å²) >= 11 is 0. The first-order chi connectivity index (χ1) is 5.97. The monoisotopic (exact) mass is 180 g/mol. The predicted molar refractivity (Wildman–Crippen MR) is 53.0 cm³/mol. The molecule has 0 radical (unpaired) electrons. The second kappa shape index (κ2) is 3.38. The van der Waals surface area contributed by atoms with Gasteiger partial charge in [-0.25, -0.2) is 0 Å². The molecular weight excluding hydrogens is 164 g/mol. The van der Waals surface area contributed by atoms with Crippen LogP contribution in [0.15, 0.2) is 18.2 Å². The number of phenolic OH excluding ortho intramolecular Hbond substituents is 1. The first kappa shape index (κ1) is 10.1. The highest BCUT2D eigenvalue weighted by Gasteiger charge is 2.19. The van der Waals surface area contributed by atoms with Crippen LogP contribution in [0.3, 0.4) is 0 Å². The van der Waals surface area contributed by atoms with E-state index in [-0.39, 0.29) is 12.0 Å². The van der Waals surface area contributed by atoms with E-state index >= 15 is 0 Å². The van der Waals surface area contributed by atoms with Crippen molar-refractivity contribution in [1.82, 2.24) is 0 Å². The molecule has 0 saturated carbocycles. The average molecular weight is 180 g/mol. The Morgan fingerprint density at radius 1 is 1.31 bits per heavy atom. The lowest BCUT2D eigenvalue weighted by atomic mass is 9.85. The summed E-state index contributed by atoms with van der Waals surface area (Å²) in [6, 6.07) is 5.42. The topological polar surface area (TPSA) is 40.5 Å². The van der Waals surface area contributed by atoms with Crippen LogP contribution >= 0.6 is 0 Å². The number of aryl methyl sites for hydroxylation is 1. The van der Waals surface area contributed by atoms with Crippen LogP contribution in [0.25, 0.3) is 0 Å². The van der Waals surface area contributed by atoms with Crippen molar-refractivity contribution in [2.24, 2.45) is 0 Å². The molecule has 13 heavy (non-hydrogen) atoms. The van der Waals surface area contributed by atoms with Crippen LogP contribution in [0.4, 0.5) is 0 Å². The summed E-state index contributed by atoms with van der Waals surface area (Å²) in [7, 11) is 0. The van der Waals surface area contributed by atoms with Crippen molar-refractivity contribution in [2.45, 2.75) is 26.2 Å². The summed E-state index contributed by atoms with van der Waals surface area (Å²) in [5.74, 6) is 0.303. The fraction of sp³-hybridized carbons (Fsp3) is 0.455. The van der Waals surface area contributed by atoms with E-state index in [1.165, 1.54) is 0 Å². The van der Waals surface area contributed by atoms with Crippen molar-refractivity contribution in [2.75, 3.05) is 6.61 Å². The first-order valence-electron chi connectivity index (χ1n) is 4.38. The third-order valence-corrected chi connectivity index (χ3v) is 2.37. The number of rotatable bonds is 2. The van der Waals surface area contributed by atoms with E-state index in [0.717, 1.165) is 11.1 Å². The Morgan fingerprint density at radius 2 is 1.92 bits per heavy atom. The largest absolute Gasteiger partial charge is 0.508 e. The molecule has 0 aliphatic carbocycles. The number of phenols is 1. The van der Waals surface area contributed by atoms with Gasteiger partial charge in [0.25, 0.3) is 0 Å². The molecule has 0 aromatic heterocycles. The summed E-state index contributed by atoms with van der Waals surface area (Å²) in [5, 5.41) is 18.5. The van der Waals surface area contributed by atoms with Crippen molar-refractivity contribution in [1.29, 1.82) is 0 Å².